The summed E-state index contributed by atoms with van der Waals surface area (Å²) >= 11 is 0. The van der Waals surface area contributed by atoms with Crippen LogP contribution in [0.5, 0.6) is 0 Å². The summed E-state index contributed by atoms with van der Waals surface area (Å²) in [5, 5.41) is 5.09. The van der Waals surface area contributed by atoms with Gasteiger partial charge in [0.2, 0.25) is 21.8 Å². The number of para-hydroxylation sites is 1. The number of primary sulfonamides is 1. The van der Waals surface area contributed by atoms with Gasteiger partial charge in [0.25, 0.3) is 5.91 Å². The minimum Gasteiger partial charge on any atom is -0.330 e. The second-order valence-corrected chi connectivity index (χ2v) is 8.34. The fourth-order valence-corrected chi connectivity index (χ4v) is 3.85. The Labute approximate surface area is 169 Å². The first-order valence-corrected chi connectivity index (χ1v) is 10.5. The van der Waals surface area contributed by atoms with Crippen molar-refractivity contribution < 1.29 is 22.8 Å². The molecule has 9 heteroatoms. The van der Waals surface area contributed by atoms with E-state index < -0.39 is 22.0 Å². The Balaban J connectivity index is 1.74. The Hall–Kier alpha value is -3.04. The van der Waals surface area contributed by atoms with Gasteiger partial charge in [0.1, 0.15) is 6.04 Å². The molecule has 1 fully saturated rings. The monoisotopic (exact) mass is 415 g/mol. The van der Waals surface area contributed by atoms with E-state index in [-0.39, 0.29) is 29.7 Å². The smallest absolute Gasteiger partial charge is 0.257 e. The summed E-state index contributed by atoms with van der Waals surface area (Å²) in [6, 6.07) is 13.7. The highest BCUT2D eigenvalue weighted by Gasteiger charge is 2.43. The maximum atomic E-state index is 12.9. The van der Waals surface area contributed by atoms with Crippen LogP contribution >= 0.6 is 0 Å². The predicted octanol–water partition coefficient (Wildman–Crippen LogP) is 1.06. The second kappa shape index (κ2) is 8.14. The van der Waals surface area contributed by atoms with Crippen LogP contribution < -0.4 is 10.0 Å². The number of carbonyl (C=O) groups is 3. The molecule has 0 radical (unpaired) electrons. The van der Waals surface area contributed by atoms with E-state index in [2.05, 4.69) is 0 Å². The highest BCUT2D eigenvalue weighted by Crippen LogP contribution is 2.25. The van der Waals surface area contributed by atoms with Crippen molar-refractivity contribution in [3.05, 3.63) is 60.2 Å². The van der Waals surface area contributed by atoms with Gasteiger partial charge in [0, 0.05) is 13.5 Å². The van der Waals surface area contributed by atoms with E-state index >= 15 is 0 Å². The van der Waals surface area contributed by atoms with E-state index in [0.29, 0.717) is 12.1 Å². The molecule has 1 unspecified atom stereocenters. The van der Waals surface area contributed by atoms with Crippen molar-refractivity contribution in [1.29, 1.82) is 0 Å². The largest absolute Gasteiger partial charge is 0.330 e. The molecule has 1 heterocycles. The van der Waals surface area contributed by atoms with Crippen LogP contribution in [-0.2, 0) is 30.8 Å². The zero-order valence-corrected chi connectivity index (χ0v) is 16.6. The molecule has 3 rings (SSSR count). The number of anilines is 1. The third kappa shape index (κ3) is 4.52. The average Bonchev–Trinajstić information content (AvgIpc) is 2.96. The van der Waals surface area contributed by atoms with Gasteiger partial charge < -0.3 is 4.90 Å². The summed E-state index contributed by atoms with van der Waals surface area (Å²) in [7, 11) is -3.78. The first-order chi connectivity index (χ1) is 13.7. The van der Waals surface area contributed by atoms with Gasteiger partial charge in [-0.1, -0.05) is 30.3 Å². The third-order valence-corrected chi connectivity index (χ3v) is 5.74. The van der Waals surface area contributed by atoms with Gasteiger partial charge in [-0.3, -0.25) is 14.4 Å². The molecule has 0 saturated carbocycles. The minimum absolute atomic E-state index is 0.000237. The van der Waals surface area contributed by atoms with Crippen LogP contribution in [0.4, 0.5) is 5.69 Å². The molecule has 2 aromatic carbocycles. The van der Waals surface area contributed by atoms with Crippen LogP contribution in [0.3, 0.4) is 0 Å². The number of benzene rings is 2. The second-order valence-electron chi connectivity index (χ2n) is 6.77. The topological polar surface area (TPSA) is 118 Å². The number of hydrogen-bond acceptors (Lipinski definition) is 5. The van der Waals surface area contributed by atoms with Gasteiger partial charge in [-0.25, -0.2) is 18.5 Å². The summed E-state index contributed by atoms with van der Waals surface area (Å²) in [5.41, 5.74) is 1.26. The van der Waals surface area contributed by atoms with Crippen molar-refractivity contribution in [3.8, 4) is 0 Å². The Morgan fingerprint density at radius 2 is 1.72 bits per heavy atom. The summed E-state index contributed by atoms with van der Waals surface area (Å²) in [4.78, 5) is 40.0. The van der Waals surface area contributed by atoms with E-state index in [0.717, 1.165) is 10.5 Å². The zero-order chi connectivity index (χ0) is 21.2. The van der Waals surface area contributed by atoms with Crippen LogP contribution in [-0.4, -0.2) is 43.6 Å². The molecule has 2 N–H and O–H groups in total. The number of carbonyl (C=O) groups excluding carboxylic acids is 3. The van der Waals surface area contributed by atoms with Crippen LogP contribution in [0.2, 0.25) is 0 Å². The number of nitrogens with two attached hydrogens (primary N) is 1. The first kappa shape index (κ1) is 20.7. The van der Waals surface area contributed by atoms with Gasteiger partial charge in [-0.15, -0.1) is 0 Å². The van der Waals surface area contributed by atoms with Gasteiger partial charge in [0.15, 0.2) is 0 Å². The van der Waals surface area contributed by atoms with Crippen molar-refractivity contribution in [2.45, 2.75) is 30.7 Å². The number of sulfonamides is 1. The van der Waals surface area contributed by atoms with Crippen molar-refractivity contribution in [1.82, 2.24) is 4.90 Å². The molecular formula is C20H21N3O5S. The summed E-state index contributed by atoms with van der Waals surface area (Å²) in [5.74, 6) is -1.09. The summed E-state index contributed by atoms with van der Waals surface area (Å²) < 4.78 is 22.7. The number of hydrogen-bond donors (Lipinski definition) is 1. The normalized spacial score (nSPS) is 16.9. The van der Waals surface area contributed by atoms with Gasteiger partial charge in [0.05, 0.1) is 17.0 Å². The maximum absolute atomic E-state index is 12.9. The zero-order valence-electron chi connectivity index (χ0n) is 15.8. The fourth-order valence-electron chi connectivity index (χ4n) is 3.34. The Kier molecular flexibility index (Phi) is 5.81. The molecule has 1 atom stereocenters. The number of nitrogens with zero attached hydrogens (tertiary/aromatic N) is 2. The SMILES string of the molecule is CC(=O)N(CCc1ccc(S(N)(=O)=O)cc1)C1CC(=O)N(c2ccccc2)C1=O. The van der Waals surface area contributed by atoms with E-state index in [1.54, 1.807) is 42.5 Å². The van der Waals surface area contributed by atoms with E-state index in [9.17, 15) is 22.8 Å². The van der Waals surface area contributed by atoms with Crippen LogP contribution in [0.15, 0.2) is 59.5 Å². The molecule has 2 aromatic rings. The lowest BCUT2D eigenvalue weighted by molar-refractivity contribution is -0.136. The number of imide groups is 1. The fraction of sp³-hybridized carbons (Fsp3) is 0.250. The average molecular weight is 415 g/mol. The number of rotatable bonds is 6. The Morgan fingerprint density at radius 1 is 1.10 bits per heavy atom. The van der Waals surface area contributed by atoms with Crippen molar-refractivity contribution in [2.75, 3.05) is 11.4 Å². The number of amides is 3. The minimum atomic E-state index is -3.78. The molecule has 0 aromatic heterocycles. The highest BCUT2D eigenvalue weighted by atomic mass is 32.2. The lowest BCUT2D eigenvalue weighted by atomic mass is 10.1. The molecule has 3 amide bonds. The highest BCUT2D eigenvalue weighted by molar-refractivity contribution is 7.89. The third-order valence-electron chi connectivity index (χ3n) is 4.81. The van der Waals surface area contributed by atoms with Crippen molar-refractivity contribution in [2.24, 2.45) is 5.14 Å². The molecule has 1 aliphatic heterocycles. The van der Waals surface area contributed by atoms with Gasteiger partial charge in [-0.05, 0) is 36.2 Å². The molecule has 29 heavy (non-hydrogen) atoms. The quantitative estimate of drug-likeness (QED) is 0.708. The lowest BCUT2D eigenvalue weighted by Gasteiger charge is -2.26. The van der Waals surface area contributed by atoms with Gasteiger partial charge in [-0.2, -0.15) is 0 Å². The summed E-state index contributed by atoms with van der Waals surface area (Å²) in [6.45, 7) is 1.57. The molecule has 0 aliphatic carbocycles. The lowest BCUT2D eigenvalue weighted by Crippen LogP contribution is -2.45. The van der Waals surface area contributed by atoms with Crippen molar-refractivity contribution in [3.63, 3.8) is 0 Å². The van der Waals surface area contributed by atoms with Crippen LogP contribution in [0.1, 0.15) is 18.9 Å². The molecule has 0 bridgehead atoms. The molecule has 152 valence electrons. The van der Waals surface area contributed by atoms with E-state index in [1.165, 1.54) is 24.0 Å². The van der Waals surface area contributed by atoms with Crippen LogP contribution in [0, 0.1) is 0 Å². The molecule has 0 spiro atoms. The first-order valence-electron chi connectivity index (χ1n) is 8.99. The Morgan fingerprint density at radius 3 is 2.28 bits per heavy atom. The maximum Gasteiger partial charge on any atom is 0.257 e. The molecule has 1 saturated heterocycles. The molecular weight excluding hydrogens is 394 g/mol. The standard InChI is InChI=1S/C20H21N3O5S/c1-14(24)22(12-11-15-7-9-17(10-8-15)29(21,27)28)18-13-19(25)23(20(18)26)16-5-3-2-4-6-16/h2-10,18H,11-13H2,1H3,(H2,21,27,28). The predicted molar refractivity (Wildman–Crippen MR) is 106 cm³/mol. The van der Waals surface area contributed by atoms with E-state index in [4.69, 9.17) is 5.14 Å². The van der Waals surface area contributed by atoms with E-state index in [1.807, 2.05) is 0 Å². The molecule has 1 aliphatic rings. The van der Waals surface area contributed by atoms with Crippen molar-refractivity contribution >= 4 is 33.4 Å². The Bertz CT molecular complexity index is 1040. The van der Waals surface area contributed by atoms with Crippen LogP contribution in [0.25, 0.3) is 0 Å². The summed E-state index contributed by atoms with van der Waals surface area (Å²) in [6.07, 6.45) is 0.325. The molecule has 8 nitrogen and oxygen atoms in total. The van der Waals surface area contributed by atoms with Gasteiger partial charge >= 0.3 is 0 Å².